The maximum absolute atomic E-state index is 4.51. The largest absolute Gasteiger partial charge is 0.374 e. The molecule has 4 rings (SSSR count). The number of allylic oxidation sites excluding steroid dienone is 1. The number of aromatic amines is 1. The fourth-order valence-electron chi connectivity index (χ4n) is 4.30. The lowest BCUT2D eigenvalue weighted by atomic mass is 9.86. The van der Waals surface area contributed by atoms with Crippen LogP contribution in [0.1, 0.15) is 58.8 Å². The van der Waals surface area contributed by atoms with Crippen LogP contribution in [0.2, 0.25) is 0 Å². The molecular weight excluding hydrogens is 384 g/mol. The van der Waals surface area contributed by atoms with Crippen LogP contribution < -0.4 is 10.6 Å². The molecule has 1 aliphatic heterocycles. The standard InChI is InChI=1S/C25H32N6/c1-7-9-17-16(3)24-18-14-27-30-20(18)10-11-21(24)28-19(17)12-13-31-22(8-2)26-15-23(31)29-25(4,5)6/h8,10-15,19,28-29H,2,7,9H2,1,3-6H3,(H,27,30)/b13-12+. The minimum atomic E-state index is -0.0636. The number of aromatic nitrogens is 4. The number of anilines is 2. The second kappa shape index (κ2) is 8.10. The highest BCUT2D eigenvalue weighted by Crippen LogP contribution is 2.40. The molecule has 0 bridgehead atoms. The molecule has 6 nitrogen and oxygen atoms in total. The average molecular weight is 417 g/mol. The van der Waals surface area contributed by atoms with Gasteiger partial charge < -0.3 is 10.6 Å². The highest BCUT2D eigenvalue weighted by atomic mass is 15.2. The van der Waals surface area contributed by atoms with Crippen molar-refractivity contribution >= 4 is 40.3 Å². The number of benzene rings is 1. The summed E-state index contributed by atoms with van der Waals surface area (Å²) in [7, 11) is 0. The first-order valence-corrected chi connectivity index (χ1v) is 10.9. The normalized spacial score (nSPS) is 16.6. The van der Waals surface area contributed by atoms with Gasteiger partial charge in [0.15, 0.2) is 0 Å². The molecule has 0 radical (unpaired) electrons. The third-order valence-electron chi connectivity index (χ3n) is 5.63. The Hall–Kier alpha value is -3.28. The van der Waals surface area contributed by atoms with Crippen molar-refractivity contribution in [3.63, 3.8) is 0 Å². The summed E-state index contributed by atoms with van der Waals surface area (Å²) in [4.78, 5) is 4.51. The molecule has 0 fully saturated rings. The minimum absolute atomic E-state index is 0.0636. The molecule has 1 unspecified atom stereocenters. The number of rotatable bonds is 6. The van der Waals surface area contributed by atoms with E-state index in [-0.39, 0.29) is 11.6 Å². The van der Waals surface area contributed by atoms with Crippen molar-refractivity contribution in [2.24, 2.45) is 0 Å². The zero-order valence-corrected chi connectivity index (χ0v) is 19.1. The molecule has 2 aromatic heterocycles. The van der Waals surface area contributed by atoms with Gasteiger partial charge in [0.1, 0.15) is 11.6 Å². The van der Waals surface area contributed by atoms with Gasteiger partial charge in [-0.05, 0) is 69.5 Å². The van der Waals surface area contributed by atoms with Gasteiger partial charge in [-0.3, -0.25) is 9.67 Å². The Morgan fingerprint density at radius 3 is 2.77 bits per heavy atom. The first kappa shape index (κ1) is 21.0. The van der Waals surface area contributed by atoms with Gasteiger partial charge in [-0.25, -0.2) is 4.98 Å². The molecule has 0 spiro atoms. The molecule has 0 amide bonds. The fraction of sp³-hybridized carbons (Fsp3) is 0.360. The molecule has 0 aliphatic carbocycles. The number of fused-ring (bicyclic) bond motifs is 3. The van der Waals surface area contributed by atoms with Gasteiger partial charge in [0, 0.05) is 28.4 Å². The van der Waals surface area contributed by atoms with Crippen LogP contribution in [-0.4, -0.2) is 31.3 Å². The smallest absolute Gasteiger partial charge is 0.137 e. The highest BCUT2D eigenvalue weighted by molar-refractivity contribution is 5.99. The van der Waals surface area contributed by atoms with Crippen molar-refractivity contribution in [3.05, 3.63) is 54.1 Å². The lowest BCUT2D eigenvalue weighted by Crippen LogP contribution is -2.27. The van der Waals surface area contributed by atoms with Crippen molar-refractivity contribution in [2.75, 3.05) is 10.6 Å². The molecule has 3 N–H and O–H groups in total. The van der Waals surface area contributed by atoms with E-state index in [2.05, 4.69) is 96.0 Å². The van der Waals surface area contributed by atoms with Crippen LogP contribution >= 0.6 is 0 Å². The van der Waals surface area contributed by atoms with Crippen LogP contribution in [-0.2, 0) is 0 Å². The van der Waals surface area contributed by atoms with Crippen molar-refractivity contribution in [1.82, 2.24) is 19.7 Å². The number of H-pyrrole nitrogens is 1. The highest BCUT2D eigenvalue weighted by Gasteiger charge is 2.24. The maximum Gasteiger partial charge on any atom is 0.137 e. The topological polar surface area (TPSA) is 70.6 Å². The van der Waals surface area contributed by atoms with Crippen LogP contribution in [0.15, 0.2) is 42.8 Å². The number of nitrogens with one attached hydrogen (secondary N) is 3. The SMILES string of the molecule is C=Cc1ncc(NC(C)(C)C)n1/C=C/C1Nc2ccc3[nH]ncc3c2C(C)=C1CCC. The summed E-state index contributed by atoms with van der Waals surface area (Å²) in [6.07, 6.45) is 12.0. The van der Waals surface area contributed by atoms with E-state index in [0.717, 1.165) is 35.7 Å². The molecule has 3 aromatic rings. The number of nitrogens with zero attached hydrogens (tertiary/aromatic N) is 3. The Morgan fingerprint density at radius 1 is 1.26 bits per heavy atom. The summed E-state index contributed by atoms with van der Waals surface area (Å²) in [5.74, 6) is 1.77. The predicted octanol–water partition coefficient (Wildman–Crippen LogP) is 6.15. The van der Waals surface area contributed by atoms with Crippen LogP contribution in [0, 0.1) is 0 Å². The monoisotopic (exact) mass is 416 g/mol. The lowest BCUT2D eigenvalue weighted by Gasteiger charge is -2.30. The van der Waals surface area contributed by atoms with E-state index in [9.17, 15) is 0 Å². The van der Waals surface area contributed by atoms with E-state index >= 15 is 0 Å². The second-order valence-corrected chi connectivity index (χ2v) is 9.13. The van der Waals surface area contributed by atoms with Crippen molar-refractivity contribution in [3.8, 4) is 0 Å². The quantitative estimate of drug-likeness (QED) is 0.451. The van der Waals surface area contributed by atoms with Crippen LogP contribution in [0.3, 0.4) is 0 Å². The first-order chi connectivity index (χ1) is 14.8. The molecule has 162 valence electrons. The summed E-state index contributed by atoms with van der Waals surface area (Å²) < 4.78 is 2.06. The molecule has 1 atom stereocenters. The Labute approximate surface area is 184 Å². The van der Waals surface area contributed by atoms with Crippen molar-refractivity contribution in [2.45, 2.75) is 59.0 Å². The summed E-state index contributed by atoms with van der Waals surface area (Å²) in [6, 6.07) is 4.34. The molecule has 3 heterocycles. The Bertz CT molecular complexity index is 1170. The van der Waals surface area contributed by atoms with Gasteiger partial charge in [-0.15, -0.1) is 0 Å². The van der Waals surface area contributed by atoms with E-state index in [1.807, 2.05) is 12.4 Å². The molecular formula is C25H32N6. The van der Waals surface area contributed by atoms with E-state index in [0.29, 0.717) is 0 Å². The molecule has 1 aromatic carbocycles. The maximum atomic E-state index is 4.51. The van der Waals surface area contributed by atoms with Gasteiger partial charge in [0.2, 0.25) is 0 Å². The Balaban J connectivity index is 1.74. The predicted molar refractivity (Wildman–Crippen MR) is 132 cm³/mol. The summed E-state index contributed by atoms with van der Waals surface area (Å²) in [5, 5.41) is 15.8. The molecule has 6 heteroatoms. The van der Waals surface area contributed by atoms with E-state index in [4.69, 9.17) is 0 Å². The third kappa shape index (κ3) is 4.02. The number of hydrogen-bond donors (Lipinski definition) is 3. The zero-order chi connectivity index (χ0) is 22.2. The average Bonchev–Trinajstić information content (AvgIpc) is 3.33. The number of imidazole rings is 1. The molecule has 0 saturated heterocycles. The fourth-order valence-corrected chi connectivity index (χ4v) is 4.30. The molecule has 31 heavy (non-hydrogen) atoms. The van der Waals surface area contributed by atoms with Gasteiger partial charge in [-0.2, -0.15) is 5.10 Å². The molecule has 0 saturated carbocycles. The van der Waals surface area contributed by atoms with Gasteiger partial charge in [0.05, 0.1) is 24.0 Å². The van der Waals surface area contributed by atoms with Crippen LogP contribution in [0.25, 0.3) is 28.8 Å². The van der Waals surface area contributed by atoms with Gasteiger partial charge >= 0.3 is 0 Å². The zero-order valence-electron chi connectivity index (χ0n) is 19.1. The summed E-state index contributed by atoms with van der Waals surface area (Å²) in [6.45, 7) is 14.8. The minimum Gasteiger partial charge on any atom is -0.374 e. The van der Waals surface area contributed by atoms with Gasteiger partial charge in [0.25, 0.3) is 0 Å². The second-order valence-electron chi connectivity index (χ2n) is 9.13. The third-order valence-corrected chi connectivity index (χ3v) is 5.63. The van der Waals surface area contributed by atoms with Crippen LogP contribution in [0.5, 0.6) is 0 Å². The summed E-state index contributed by atoms with van der Waals surface area (Å²) >= 11 is 0. The van der Waals surface area contributed by atoms with Gasteiger partial charge in [-0.1, -0.05) is 19.9 Å². The van der Waals surface area contributed by atoms with E-state index < -0.39 is 0 Å². The van der Waals surface area contributed by atoms with E-state index in [1.54, 1.807) is 6.08 Å². The van der Waals surface area contributed by atoms with Crippen molar-refractivity contribution < 1.29 is 0 Å². The van der Waals surface area contributed by atoms with Crippen molar-refractivity contribution in [1.29, 1.82) is 0 Å². The Kier molecular flexibility index (Phi) is 5.48. The first-order valence-electron chi connectivity index (χ1n) is 10.9. The number of hydrogen-bond acceptors (Lipinski definition) is 4. The lowest BCUT2D eigenvalue weighted by molar-refractivity contribution is 0.628. The van der Waals surface area contributed by atoms with Crippen LogP contribution in [0.4, 0.5) is 11.5 Å². The summed E-state index contributed by atoms with van der Waals surface area (Å²) in [5.41, 5.74) is 6.14. The molecule has 1 aliphatic rings. The van der Waals surface area contributed by atoms with E-state index in [1.165, 1.54) is 22.1 Å². The Morgan fingerprint density at radius 2 is 2.06 bits per heavy atom.